The number of rotatable bonds is 4. The van der Waals surface area contributed by atoms with E-state index in [1.807, 2.05) is 24.3 Å². The van der Waals surface area contributed by atoms with E-state index in [1.54, 1.807) is 52.9 Å². The van der Waals surface area contributed by atoms with Gasteiger partial charge >= 0.3 is 0 Å². The Bertz CT molecular complexity index is 816. The maximum absolute atomic E-state index is 12.9. The van der Waals surface area contributed by atoms with Gasteiger partial charge in [-0.25, -0.2) is 0 Å². The van der Waals surface area contributed by atoms with Crippen molar-refractivity contribution in [2.75, 3.05) is 18.7 Å². The molecule has 1 atom stereocenters. The Morgan fingerprint density at radius 2 is 1.88 bits per heavy atom. The summed E-state index contributed by atoms with van der Waals surface area (Å²) in [6.45, 7) is 0.340. The summed E-state index contributed by atoms with van der Waals surface area (Å²) in [4.78, 5) is 28.9. The summed E-state index contributed by atoms with van der Waals surface area (Å²) in [6, 6.07) is 13.9. The summed E-state index contributed by atoms with van der Waals surface area (Å²) in [5.74, 6) is 0.874. The fourth-order valence-electron chi connectivity index (χ4n) is 2.85. The third kappa shape index (κ3) is 4.00. The van der Waals surface area contributed by atoms with E-state index < -0.39 is 6.04 Å². The molecule has 0 radical (unpaired) electrons. The smallest absolute Gasteiger partial charge is 0.255 e. The maximum Gasteiger partial charge on any atom is 0.255 e. The highest BCUT2D eigenvalue weighted by Gasteiger charge is 2.36. The summed E-state index contributed by atoms with van der Waals surface area (Å²) >= 11 is 13.8. The number of carbonyl (C=O) groups excluding carboxylic acids is 2. The number of thioether (sulfide) groups is 1. The van der Waals surface area contributed by atoms with Crippen molar-refractivity contribution in [1.29, 1.82) is 0 Å². The number of carbonyl (C=O) groups is 2. The van der Waals surface area contributed by atoms with Gasteiger partial charge in [0.1, 0.15) is 6.04 Å². The van der Waals surface area contributed by atoms with Gasteiger partial charge in [-0.05, 0) is 23.8 Å². The highest BCUT2D eigenvalue weighted by atomic mass is 35.5. The van der Waals surface area contributed by atoms with Gasteiger partial charge in [-0.1, -0.05) is 53.5 Å². The second-order valence-electron chi connectivity index (χ2n) is 6.06. The van der Waals surface area contributed by atoms with Crippen molar-refractivity contribution in [2.45, 2.75) is 12.6 Å². The zero-order chi connectivity index (χ0) is 18.7. The van der Waals surface area contributed by atoms with Gasteiger partial charge in [-0.2, -0.15) is 0 Å². The van der Waals surface area contributed by atoms with Gasteiger partial charge < -0.3 is 9.80 Å². The molecular formula is C19H18Cl2N2O2S. The first-order valence-electron chi connectivity index (χ1n) is 8.10. The molecule has 7 heteroatoms. The van der Waals surface area contributed by atoms with Crippen molar-refractivity contribution >= 4 is 46.8 Å². The molecule has 1 fully saturated rings. The van der Waals surface area contributed by atoms with Crippen molar-refractivity contribution in [3.63, 3.8) is 0 Å². The molecule has 0 bridgehead atoms. The molecule has 2 aromatic rings. The lowest BCUT2D eigenvalue weighted by Crippen LogP contribution is -2.47. The number of halogens is 2. The average Bonchev–Trinajstić information content (AvgIpc) is 3.14. The zero-order valence-electron chi connectivity index (χ0n) is 14.2. The fraction of sp³-hybridized carbons (Fsp3) is 0.263. The summed E-state index contributed by atoms with van der Waals surface area (Å²) in [5, 5.41) is 0.911. The quantitative estimate of drug-likeness (QED) is 0.761. The lowest BCUT2D eigenvalue weighted by atomic mass is 10.1. The zero-order valence-corrected chi connectivity index (χ0v) is 16.5. The maximum atomic E-state index is 12.9. The second-order valence-corrected chi connectivity index (χ2v) is 7.85. The van der Waals surface area contributed by atoms with Crippen molar-refractivity contribution in [2.24, 2.45) is 0 Å². The lowest BCUT2D eigenvalue weighted by Gasteiger charge is -2.27. The van der Waals surface area contributed by atoms with E-state index in [0.29, 0.717) is 33.8 Å². The van der Waals surface area contributed by atoms with Gasteiger partial charge in [0.15, 0.2) is 0 Å². The predicted molar refractivity (Wildman–Crippen MR) is 107 cm³/mol. The molecule has 2 aromatic carbocycles. The molecule has 0 spiro atoms. The molecular weight excluding hydrogens is 391 g/mol. The lowest BCUT2D eigenvalue weighted by molar-refractivity contribution is -0.134. The third-order valence-corrected chi connectivity index (χ3v) is 6.13. The van der Waals surface area contributed by atoms with Crippen molar-refractivity contribution in [3.05, 3.63) is 69.7 Å². The molecule has 1 aliphatic heterocycles. The monoisotopic (exact) mass is 408 g/mol. The summed E-state index contributed by atoms with van der Waals surface area (Å²) < 4.78 is 0. The van der Waals surface area contributed by atoms with Crippen molar-refractivity contribution < 1.29 is 9.59 Å². The number of hydrogen-bond donors (Lipinski definition) is 0. The molecule has 136 valence electrons. The summed E-state index contributed by atoms with van der Waals surface area (Å²) in [7, 11) is 1.72. The largest absolute Gasteiger partial charge is 0.340 e. The molecule has 1 heterocycles. The molecule has 4 nitrogen and oxygen atoms in total. The van der Waals surface area contributed by atoms with Gasteiger partial charge in [-0.3, -0.25) is 9.59 Å². The van der Waals surface area contributed by atoms with Crippen LogP contribution in [0.5, 0.6) is 0 Å². The van der Waals surface area contributed by atoms with E-state index in [4.69, 9.17) is 23.2 Å². The molecule has 0 saturated carbocycles. The number of benzene rings is 2. The van der Waals surface area contributed by atoms with Crippen LogP contribution in [0.15, 0.2) is 48.5 Å². The van der Waals surface area contributed by atoms with Crippen LogP contribution in [-0.4, -0.2) is 46.3 Å². The molecule has 0 N–H and O–H groups in total. The Balaban J connectivity index is 1.73. The number of hydrogen-bond acceptors (Lipinski definition) is 3. The minimum atomic E-state index is -0.476. The van der Waals surface area contributed by atoms with E-state index >= 15 is 0 Å². The SMILES string of the molecule is CN(Cc1cccc(Cl)c1Cl)C(=O)C1CSCN1C(=O)c1ccccc1. The Morgan fingerprint density at radius 1 is 1.15 bits per heavy atom. The van der Waals surface area contributed by atoms with Crippen molar-refractivity contribution in [1.82, 2.24) is 9.80 Å². The Labute approximate surface area is 167 Å². The molecule has 3 rings (SSSR count). The second kappa shape index (κ2) is 8.33. The van der Waals surface area contributed by atoms with Gasteiger partial charge in [0.05, 0.1) is 15.9 Å². The van der Waals surface area contributed by atoms with Gasteiger partial charge in [0, 0.05) is 24.9 Å². The molecule has 0 aliphatic carbocycles. The van der Waals surface area contributed by atoms with Gasteiger partial charge in [0.2, 0.25) is 5.91 Å². The standard InChI is InChI=1S/C19H18Cl2N2O2S/c1-22(10-14-8-5-9-15(20)17(14)21)19(25)16-11-26-12-23(16)18(24)13-6-3-2-4-7-13/h2-9,16H,10-12H2,1H3. The van der Waals surface area contributed by atoms with Crippen LogP contribution in [0.3, 0.4) is 0 Å². The first-order valence-corrected chi connectivity index (χ1v) is 10.0. The van der Waals surface area contributed by atoms with Crippen LogP contribution in [0.4, 0.5) is 0 Å². The third-order valence-electron chi connectivity index (χ3n) is 4.26. The molecule has 2 amide bonds. The van der Waals surface area contributed by atoms with Crippen molar-refractivity contribution in [3.8, 4) is 0 Å². The molecule has 1 aliphatic rings. The molecule has 1 unspecified atom stereocenters. The first-order chi connectivity index (χ1) is 12.5. The number of amides is 2. The molecule has 1 saturated heterocycles. The fourth-order valence-corrected chi connectivity index (χ4v) is 4.38. The highest BCUT2D eigenvalue weighted by Crippen LogP contribution is 2.28. The van der Waals surface area contributed by atoms with Gasteiger partial charge in [0.25, 0.3) is 5.91 Å². The Morgan fingerprint density at radius 3 is 2.62 bits per heavy atom. The number of nitrogens with zero attached hydrogens (tertiary/aromatic N) is 2. The topological polar surface area (TPSA) is 40.6 Å². The molecule has 26 heavy (non-hydrogen) atoms. The highest BCUT2D eigenvalue weighted by molar-refractivity contribution is 7.99. The van der Waals surface area contributed by atoms with E-state index in [0.717, 1.165) is 5.56 Å². The van der Waals surface area contributed by atoms with E-state index in [1.165, 1.54) is 0 Å². The summed E-state index contributed by atoms with van der Waals surface area (Å²) in [6.07, 6.45) is 0. The van der Waals surface area contributed by atoms with Crippen LogP contribution in [0, 0.1) is 0 Å². The molecule has 0 aromatic heterocycles. The van der Waals surface area contributed by atoms with Crippen LogP contribution in [0.25, 0.3) is 0 Å². The van der Waals surface area contributed by atoms with E-state index in [-0.39, 0.29) is 11.8 Å². The first kappa shape index (κ1) is 19.1. The Kier molecular flexibility index (Phi) is 6.12. The van der Waals surface area contributed by atoms with Crippen LogP contribution < -0.4 is 0 Å². The number of likely N-dealkylation sites (N-methyl/N-ethyl adjacent to an activating group) is 1. The average molecular weight is 409 g/mol. The Hall–Kier alpha value is -1.69. The van der Waals surface area contributed by atoms with Crippen LogP contribution in [0.2, 0.25) is 10.0 Å². The predicted octanol–water partition coefficient (Wildman–Crippen LogP) is 4.17. The van der Waals surface area contributed by atoms with Crippen LogP contribution in [0.1, 0.15) is 15.9 Å². The van der Waals surface area contributed by atoms with E-state index in [2.05, 4.69) is 0 Å². The minimum absolute atomic E-state index is 0.102. The van der Waals surface area contributed by atoms with Gasteiger partial charge in [-0.15, -0.1) is 11.8 Å². The minimum Gasteiger partial charge on any atom is -0.340 e. The summed E-state index contributed by atoms with van der Waals surface area (Å²) in [5.41, 5.74) is 1.37. The normalized spacial score (nSPS) is 16.6. The van der Waals surface area contributed by atoms with Crippen LogP contribution in [-0.2, 0) is 11.3 Å². The van der Waals surface area contributed by atoms with E-state index in [9.17, 15) is 9.59 Å². The van der Waals surface area contributed by atoms with Crippen LogP contribution >= 0.6 is 35.0 Å².